The van der Waals surface area contributed by atoms with Gasteiger partial charge in [0.15, 0.2) is 0 Å². The number of pyridine rings is 1. The first-order valence-corrected chi connectivity index (χ1v) is 7.29. The van der Waals surface area contributed by atoms with Gasteiger partial charge in [-0.15, -0.1) is 0 Å². The highest BCUT2D eigenvalue weighted by atomic mass is 16.1. The van der Waals surface area contributed by atoms with Crippen LogP contribution in [0, 0.1) is 13.8 Å². The Morgan fingerprint density at radius 3 is 2.65 bits per heavy atom. The topological polar surface area (TPSA) is 85.2 Å². The smallest absolute Gasteiger partial charge is 0.252 e. The summed E-state index contributed by atoms with van der Waals surface area (Å²) in [6.45, 7) is 5.33. The van der Waals surface area contributed by atoms with E-state index in [9.17, 15) is 4.79 Å². The molecule has 5 heteroatoms. The summed E-state index contributed by atoms with van der Waals surface area (Å²) in [5, 5.41) is 0. The van der Waals surface area contributed by atoms with Crippen LogP contribution in [0.2, 0.25) is 0 Å². The van der Waals surface area contributed by atoms with Gasteiger partial charge in [0.2, 0.25) is 0 Å². The molecule has 1 fully saturated rings. The van der Waals surface area contributed by atoms with Gasteiger partial charge in [-0.1, -0.05) is 0 Å². The normalized spacial score (nSPS) is 14.9. The average molecular weight is 276 g/mol. The lowest BCUT2D eigenvalue weighted by molar-refractivity contribution is 0.0999. The summed E-state index contributed by atoms with van der Waals surface area (Å²) < 4.78 is 0. The van der Waals surface area contributed by atoms with E-state index in [1.54, 1.807) is 0 Å². The molecule has 1 aliphatic carbocycles. The summed E-state index contributed by atoms with van der Waals surface area (Å²) in [5.74, 6) is 0.343. The standard InChI is InChI=1S/C15H24N4O/c1-10-9-11(2)18-15(13(10)14(17)20)19(8-4-7-16)12-5-3-6-12/h9,12H,3-8,16H2,1-2H3,(H2,17,20). The number of primary amides is 1. The molecule has 1 amide bonds. The van der Waals surface area contributed by atoms with E-state index in [-0.39, 0.29) is 0 Å². The molecule has 0 aromatic carbocycles. The van der Waals surface area contributed by atoms with Gasteiger partial charge in [-0.25, -0.2) is 4.98 Å². The molecule has 1 aliphatic rings. The second-order valence-electron chi connectivity index (χ2n) is 5.56. The predicted molar refractivity (Wildman–Crippen MR) is 80.9 cm³/mol. The predicted octanol–water partition coefficient (Wildman–Crippen LogP) is 1.51. The first kappa shape index (κ1) is 14.8. The maximum atomic E-state index is 11.8. The molecule has 0 bridgehead atoms. The van der Waals surface area contributed by atoms with E-state index in [0.717, 1.165) is 42.9 Å². The molecule has 1 saturated carbocycles. The minimum absolute atomic E-state index is 0.401. The lowest BCUT2D eigenvalue weighted by Crippen LogP contribution is -2.43. The van der Waals surface area contributed by atoms with Gasteiger partial charge in [0, 0.05) is 18.3 Å². The largest absolute Gasteiger partial charge is 0.365 e. The average Bonchev–Trinajstić information content (AvgIpc) is 2.30. The van der Waals surface area contributed by atoms with Crippen molar-refractivity contribution < 1.29 is 4.79 Å². The van der Waals surface area contributed by atoms with Gasteiger partial charge >= 0.3 is 0 Å². The molecule has 0 radical (unpaired) electrons. The van der Waals surface area contributed by atoms with E-state index in [4.69, 9.17) is 11.5 Å². The third-order valence-electron chi connectivity index (χ3n) is 3.96. The van der Waals surface area contributed by atoms with E-state index in [1.165, 1.54) is 6.42 Å². The zero-order valence-corrected chi connectivity index (χ0v) is 12.4. The van der Waals surface area contributed by atoms with Gasteiger partial charge in [-0.2, -0.15) is 0 Å². The Kier molecular flexibility index (Phi) is 4.60. The minimum atomic E-state index is -0.401. The second kappa shape index (κ2) is 6.22. The molecule has 0 unspecified atom stereocenters. The van der Waals surface area contributed by atoms with Crippen molar-refractivity contribution in [2.24, 2.45) is 11.5 Å². The number of nitrogens with two attached hydrogens (primary N) is 2. The van der Waals surface area contributed by atoms with Crippen molar-refractivity contribution in [3.05, 3.63) is 22.9 Å². The van der Waals surface area contributed by atoms with Crippen LogP contribution in [0.25, 0.3) is 0 Å². The highest BCUT2D eigenvalue weighted by Gasteiger charge is 2.29. The summed E-state index contributed by atoms with van der Waals surface area (Å²) >= 11 is 0. The number of hydrogen-bond acceptors (Lipinski definition) is 4. The molecule has 0 atom stereocenters. The van der Waals surface area contributed by atoms with Crippen LogP contribution in [0.5, 0.6) is 0 Å². The molecule has 1 heterocycles. The molecule has 2 rings (SSSR count). The molecule has 20 heavy (non-hydrogen) atoms. The maximum Gasteiger partial charge on any atom is 0.252 e. The molecule has 110 valence electrons. The number of hydrogen-bond donors (Lipinski definition) is 2. The van der Waals surface area contributed by atoms with Crippen molar-refractivity contribution >= 4 is 11.7 Å². The molecular weight excluding hydrogens is 252 g/mol. The summed E-state index contributed by atoms with van der Waals surface area (Å²) in [4.78, 5) is 18.6. The van der Waals surface area contributed by atoms with Crippen LogP contribution in [-0.4, -0.2) is 30.0 Å². The Balaban J connectivity index is 2.42. The first-order chi connectivity index (χ1) is 9.54. The van der Waals surface area contributed by atoms with Crippen molar-refractivity contribution in [2.45, 2.75) is 45.6 Å². The number of aryl methyl sites for hydroxylation is 2. The third kappa shape index (κ3) is 2.93. The lowest BCUT2D eigenvalue weighted by atomic mass is 9.90. The number of aromatic nitrogens is 1. The highest BCUT2D eigenvalue weighted by Crippen LogP contribution is 2.32. The van der Waals surface area contributed by atoms with E-state index < -0.39 is 5.91 Å². The van der Waals surface area contributed by atoms with Gasteiger partial charge in [-0.05, 0) is 57.7 Å². The van der Waals surface area contributed by atoms with E-state index in [2.05, 4.69) is 9.88 Å². The summed E-state index contributed by atoms with van der Waals surface area (Å²) in [6.07, 6.45) is 4.43. The van der Waals surface area contributed by atoms with Gasteiger partial charge in [0.05, 0.1) is 5.56 Å². The Morgan fingerprint density at radius 1 is 1.45 bits per heavy atom. The van der Waals surface area contributed by atoms with Gasteiger partial charge < -0.3 is 16.4 Å². The molecule has 0 spiro atoms. The van der Waals surface area contributed by atoms with Crippen molar-refractivity contribution in [3.63, 3.8) is 0 Å². The zero-order valence-electron chi connectivity index (χ0n) is 12.4. The maximum absolute atomic E-state index is 11.8. The number of carbonyl (C=O) groups excluding carboxylic acids is 1. The molecular formula is C15H24N4O. The fourth-order valence-electron chi connectivity index (χ4n) is 2.75. The van der Waals surface area contributed by atoms with Crippen LogP contribution in [0.1, 0.15) is 47.3 Å². The highest BCUT2D eigenvalue weighted by molar-refractivity contribution is 5.99. The Morgan fingerprint density at radius 2 is 2.15 bits per heavy atom. The van der Waals surface area contributed by atoms with E-state index >= 15 is 0 Å². The molecule has 5 nitrogen and oxygen atoms in total. The van der Waals surface area contributed by atoms with Crippen molar-refractivity contribution in [3.8, 4) is 0 Å². The van der Waals surface area contributed by atoms with Crippen molar-refractivity contribution in [1.29, 1.82) is 0 Å². The van der Waals surface area contributed by atoms with Gasteiger partial charge in [0.25, 0.3) is 5.91 Å². The summed E-state index contributed by atoms with van der Waals surface area (Å²) in [6, 6.07) is 2.37. The van der Waals surface area contributed by atoms with Crippen LogP contribution in [0.4, 0.5) is 5.82 Å². The number of carbonyl (C=O) groups is 1. The SMILES string of the molecule is Cc1cc(C)c(C(N)=O)c(N(CCCN)C2CCC2)n1. The number of anilines is 1. The number of amides is 1. The van der Waals surface area contributed by atoms with Crippen LogP contribution in [0.15, 0.2) is 6.07 Å². The third-order valence-corrected chi connectivity index (χ3v) is 3.96. The molecule has 1 aromatic heterocycles. The van der Waals surface area contributed by atoms with E-state index in [0.29, 0.717) is 18.2 Å². The Hall–Kier alpha value is -1.62. The fraction of sp³-hybridized carbons (Fsp3) is 0.600. The van der Waals surface area contributed by atoms with Crippen molar-refractivity contribution in [1.82, 2.24) is 4.98 Å². The molecule has 4 N–H and O–H groups in total. The van der Waals surface area contributed by atoms with Crippen LogP contribution in [0.3, 0.4) is 0 Å². The van der Waals surface area contributed by atoms with Crippen LogP contribution < -0.4 is 16.4 Å². The molecule has 0 aliphatic heterocycles. The van der Waals surface area contributed by atoms with Crippen LogP contribution >= 0.6 is 0 Å². The number of nitrogens with zero attached hydrogens (tertiary/aromatic N) is 2. The molecule has 1 aromatic rings. The summed E-state index contributed by atoms with van der Waals surface area (Å²) in [5.41, 5.74) is 13.6. The van der Waals surface area contributed by atoms with Crippen molar-refractivity contribution in [2.75, 3.05) is 18.0 Å². The Bertz CT molecular complexity index is 497. The lowest BCUT2D eigenvalue weighted by Gasteiger charge is -2.39. The quantitative estimate of drug-likeness (QED) is 0.824. The van der Waals surface area contributed by atoms with E-state index in [1.807, 2.05) is 19.9 Å². The first-order valence-electron chi connectivity index (χ1n) is 7.29. The minimum Gasteiger partial charge on any atom is -0.365 e. The van der Waals surface area contributed by atoms with Crippen LogP contribution in [-0.2, 0) is 0 Å². The number of rotatable bonds is 6. The summed E-state index contributed by atoms with van der Waals surface area (Å²) in [7, 11) is 0. The monoisotopic (exact) mass is 276 g/mol. The zero-order chi connectivity index (χ0) is 14.7. The Labute approximate surface area is 120 Å². The fourth-order valence-corrected chi connectivity index (χ4v) is 2.75. The second-order valence-corrected chi connectivity index (χ2v) is 5.56. The van der Waals surface area contributed by atoms with Gasteiger partial charge in [0.1, 0.15) is 5.82 Å². The van der Waals surface area contributed by atoms with Gasteiger partial charge in [-0.3, -0.25) is 4.79 Å². The molecule has 0 saturated heterocycles.